The topological polar surface area (TPSA) is 109 Å². The van der Waals surface area contributed by atoms with Crippen molar-refractivity contribution in [3.05, 3.63) is 59.4 Å². The number of rotatable bonds is 7. The summed E-state index contributed by atoms with van der Waals surface area (Å²) in [7, 11) is 4.53. The maximum atomic E-state index is 12.9. The number of amides is 1. The van der Waals surface area contributed by atoms with Crippen LogP contribution in [0.5, 0.6) is 11.5 Å². The molecule has 1 atom stereocenters. The number of nitrogens with one attached hydrogen (secondary N) is 1. The molecule has 30 heavy (non-hydrogen) atoms. The fourth-order valence-corrected chi connectivity index (χ4v) is 3.04. The molecule has 0 aliphatic rings. The highest BCUT2D eigenvalue weighted by atomic mass is 35.5. The summed E-state index contributed by atoms with van der Waals surface area (Å²) in [5.74, 6) is 0.958. The number of benzene rings is 2. The molecule has 1 heterocycles. The highest BCUT2D eigenvalue weighted by Crippen LogP contribution is 2.34. The second-order valence-corrected chi connectivity index (χ2v) is 6.62. The van der Waals surface area contributed by atoms with E-state index in [9.17, 15) is 4.79 Å². The Kier molecular flexibility index (Phi) is 6.71. The van der Waals surface area contributed by atoms with E-state index in [1.54, 1.807) is 50.6 Å². The number of hydrogen-bond acceptors (Lipinski definition) is 7. The van der Waals surface area contributed by atoms with Gasteiger partial charge in [0.15, 0.2) is 23.4 Å². The summed E-state index contributed by atoms with van der Waals surface area (Å²) in [6.45, 7) is 0. The van der Waals surface area contributed by atoms with E-state index in [0.717, 1.165) is 0 Å². The predicted molar refractivity (Wildman–Crippen MR) is 115 cm³/mol. The van der Waals surface area contributed by atoms with Gasteiger partial charge in [-0.05, 0) is 35.9 Å². The second kappa shape index (κ2) is 9.43. The number of nitrogen functional groups attached to an aromatic ring is 1. The Bertz CT molecular complexity index is 1060. The highest BCUT2D eigenvalue weighted by Gasteiger charge is 2.23. The maximum Gasteiger partial charge on any atom is 0.259 e. The summed E-state index contributed by atoms with van der Waals surface area (Å²) in [6.07, 6.45) is 2.11. The summed E-state index contributed by atoms with van der Waals surface area (Å²) in [5.41, 5.74) is 7.94. The SMILES string of the molecule is COc1ccc(-c2nccnc2NC(=O)C(OC)c2ccc(Cl)c(N)c2)cc1OC. The van der Waals surface area contributed by atoms with Gasteiger partial charge in [0.05, 0.1) is 24.9 Å². The minimum Gasteiger partial charge on any atom is -0.493 e. The van der Waals surface area contributed by atoms with Gasteiger partial charge in [-0.25, -0.2) is 4.98 Å². The number of nitrogens with two attached hydrogens (primary N) is 1. The molecule has 156 valence electrons. The number of ether oxygens (including phenoxy) is 3. The lowest BCUT2D eigenvalue weighted by molar-refractivity contribution is -0.126. The molecule has 0 aliphatic heterocycles. The molecule has 0 bridgehead atoms. The van der Waals surface area contributed by atoms with Gasteiger partial charge in [-0.3, -0.25) is 9.78 Å². The monoisotopic (exact) mass is 428 g/mol. The quantitative estimate of drug-likeness (QED) is 0.552. The zero-order valence-corrected chi connectivity index (χ0v) is 17.4. The van der Waals surface area contributed by atoms with E-state index in [4.69, 9.17) is 31.5 Å². The Hall–Kier alpha value is -3.36. The van der Waals surface area contributed by atoms with Gasteiger partial charge < -0.3 is 25.3 Å². The Balaban J connectivity index is 1.92. The molecule has 2 aromatic carbocycles. The van der Waals surface area contributed by atoms with Crippen LogP contribution in [-0.2, 0) is 9.53 Å². The van der Waals surface area contributed by atoms with Crippen LogP contribution in [0.15, 0.2) is 48.8 Å². The molecule has 0 fully saturated rings. The van der Waals surface area contributed by atoms with Gasteiger partial charge in [0.1, 0.15) is 5.69 Å². The average molecular weight is 429 g/mol. The molecule has 3 rings (SSSR count). The van der Waals surface area contributed by atoms with Crippen molar-refractivity contribution < 1.29 is 19.0 Å². The van der Waals surface area contributed by atoms with Crippen LogP contribution < -0.4 is 20.5 Å². The van der Waals surface area contributed by atoms with Crippen molar-refractivity contribution in [1.82, 2.24) is 9.97 Å². The van der Waals surface area contributed by atoms with Crippen molar-refractivity contribution >= 4 is 29.0 Å². The number of anilines is 2. The van der Waals surface area contributed by atoms with Crippen LogP contribution in [-0.4, -0.2) is 37.2 Å². The molecule has 0 radical (unpaired) electrons. The third-order valence-electron chi connectivity index (χ3n) is 4.39. The predicted octanol–water partition coefficient (Wildman–Crippen LogP) is 3.72. The average Bonchev–Trinajstić information content (AvgIpc) is 2.76. The van der Waals surface area contributed by atoms with Crippen LogP contribution in [0.25, 0.3) is 11.3 Å². The standard InChI is InChI=1S/C21H21ClN4O4/c1-28-16-7-5-12(11-17(16)29-2)18-20(25-9-8-24-18)26-21(27)19(30-3)13-4-6-14(22)15(23)10-13/h4-11,19H,23H2,1-3H3,(H,25,26,27). The number of carbonyl (C=O) groups excluding carboxylic acids is 1. The van der Waals surface area contributed by atoms with E-state index >= 15 is 0 Å². The summed E-state index contributed by atoms with van der Waals surface area (Å²) in [6, 6.07) is 10.2. The van der Waals surface area contributed by atoms with Gasteiger partial charge in [-0.2, -0.15) is 0 Å². The fraction of sp³-hybridized carbons (Fsp3) is 0.190. The van der Waals surface area contributed by atoms with Gasteiger partial charge in [0, 0.05) is 25.1 Å². The Labute approximate surface area is 179 Å². The van der Waals surface area contributed by atoms with Crippen molar-refractivity contribution in [2.45, 2.75) is 6.10 Å². The summed E-state index contributed by atoms with van der Waals surface area (Å²) < 4.78 is 16.0. The van der Waals surface area contributed by atoms with Crippen molar-refractivity contribution in [3.63, 3.8) is 0 Å². The molecule has 0 aliphatic carbocycles. The zero-order chi connectivity index (χ0) is 21.7. The van der Waals surface area contributed by atoms with Crippen molar-refractivity contribution in [3.8, 4) is 22.8 Å². The smallest absolute Gasteiger partial charge is 0.259 e. The first-order chi connectivity index (χ1) is 14.5. The lowest BCUT2D eigenvalue weighted by Crippen LogP contribution is -2.23. The van der Waals surface area contributed by atoms with Gasteiger partial charge in [-0.1, -0.05) is 17.7 Å². The molecule has 8 nitrogen and oxygen atoms in total. The minimum atomic E-state index is -0.912. The van der Waals surface area contributed by atoms with Crippen LogP contribution in [0.3, 0.4) is 0 Å². The highest BCUT2D eigenvalue weighted by molar-refractivity contribution is 6.33. The van der Waals surface area contributed by atoms with Crippen molar-refractivity contribution in [2.24, 2.45) is 0 Å². The van der Waals surface area contributed by atoms with E-state index in [1.807, 2.05) is 0 Å². The van der Waals surface area contributed by atoms with Gasteiger partial charge >= 0.3 is 0 Å². The van der Waals surface area contributed by atoms with Gasteiger partial charge in [0.2, 0.25) is 0 Å². The van der Waals surface area contributed by atoms with Crippen LogP contribution >= 0.6 is 11.6 Å². The minimum absolute atomic E-state index is 0.277. The third kappa shape index (κ3) is 4.45. The Morgan fingerprint density at radius 2 is 1.77 bits per heavy atom. The summed E-state index contributed by atoms with van der Waals surface area (Å²) >= 11 is 5.97. The lowest BCUT2D eigenvalue weighted by atomic mass is 10.1. The molecule has 9 heteroatoms. The molecule has 3 N–H and O–H groups in total. The van der Waals surface area contributed by atoms with E-state index in [1.165, 1.54) is 19.5 Å². The number of aromatic nitrogens is 2. The third-order valence-corrected chi connectivity index (χ3v) is 4.74. The normalized spacial score (nSPS) is 11.6. The van der Waals surface area contributed by atoms with Gasteiger partial charge in [0.25, 0.3) is 5.91 Å². The summed E-state index contributed by atoms with van der Waals surface area (Å²) in [4.78, 5) is 21.6. The van der Waals surface area contributed by atoms with E-state index in [0.29, 0.717) is 39.0 Å². The molecular weight excluding hydrogens is 408 g/mol. The van der Waals surface area contributed by atoms with E-state index in [2.05, 4.69) is 15.3 Å². The molecular formula is C21H21ClN4O4. The van der Waals surface area contributed by atoms with Gasteiger partial charge in [-0.15, -0.1) is 0 Å². The molecule has 1 amide bonds. The number of methoxy groups -OCH3 is 3. The zero-order valence-electron chi connectivity index (χ0n) is 16.7. The van der Waals surface area contributed by atoms with Crippen molar-refractivity contribution in [2.75, 3.05) is 32.4 Å². The van der Waals surface area contributed by atoms with Crippen LogP contribution in [0.2, 0.25) is 5.02 Å². The Morgan fingerprint density at radius 1 is 1.03 bits per heavy atom. The van der Waals surface area contributed by atoms with E-state index in [-0.39, 0.29) is 5.82 Å². The first kappa shape index (κ1) is 21.4. The van der Waals surface area contributed by atoms with Crippen LogP contribution in [0.1, 0.15) is 11.7 Å². The molecule has 0 saturated carbocycles. The molecule has 1 unspecified atom stereocenters. The second-order valence-electron chi connectivity index (χ2n) is 6.21. The lowest BCUT2D eigenvalue weighted by Gasteiger charge is -2.17. The number of hydrogen-bond donors (Lipinski definition) is 2. The molecule has 1 aromatic heterocycles. The maximum absolute atomic E-state index is 12.9. The fourth-order valence-electron chi connectivity index (χ4n) is 2.93. The molecule has 0 spiro atoms. The first-order valence-electron chi connectivity index (χ1n) is 8.90. The van der Waals surface area contributed by atoms with Crippen molar-refractivity contribution in [1.29, 1.82) is 0 Å². The molecule has 3 aromatic rings. The summed E-state index contributed by atoms with van der Waals surface area (Å²) in [5, 5.41) is 3.18. The molecule has 0 saturated heterocycles. The van der Waals surface area contributed by atoms with Crippen LogP contribution in [0.4, 0.5) is 11.5 Å². The number of halogens is 1. The first-order valence-corrected chi connectivity index (χ1v) is 9.28. The number of carbonyl (C=O) groups is 1. The largest absolute Gasteiger partial charge is 0.493 e. The van der Waals surface area contributed by atoms with Crippen LogP contribution in [0, 0.1) is 0 Å². The Morgan fingerprint density at radius 3 is 2.43 bits per heavy atom. The van der Waals surface area contributed by atoms with E-state index < -0.39 is 12.0 Å². The number of nitrogens with zero attached hydrogens (tertiary/aromatic N) is 2.